The van der Waals surface area contributed by atoms with Crippen molar-refractivity contribution < 1.29 is 9.53 Å². The van der Waals surface area contributed by atoms with E-state index in [9.17, 15) is 4.79 Å². The molecule has 4 heteroatoms. The zero-order valence-electron chi connectivity index (χ0n) is 12.3. The summed E-state index contributed by atoms with van der Waals surface area (Å²) in [5.74, 6) is 1.30. The zero-order valence-corrected chi connectivity index (χ0v) is 12.3. The normalized spacial score (nSPS) is 33.1. The maximum absolute atomic E-state index is 12.6. The van der Waals surface area contributed by atoms with Crippen LogP contribution < -0.4 is 5.73 Å². The minimum Gasteiger partial charge on any atom is -0.381 e. The summed E-state index contributed by atoms with van der Waals surface area (Å²) in [7, 11) is 1.94. The molecule has 0 aromatic heterocycles. The van der Waals surface area contributed by atoms with Gasteiger partial charge in [-0.1, -0.05) is 13.3 Å². The van der Waals surface area contributed by atoms with Gasteiger partial charge >= 0.3 is 0 Å². The molecular formula is C15H28N2O2. The summed E-state index contributed by atoms with van der Waals surface area (Å²) in [6.45, 7) is 4.71. The third-order valence-electron chi connectivity index (χ3n) is 4.81. The number of nitrogens with zero attached hydrogens (tertiary/aromatic N) is 1. The van der Waals surface area contributed by atoms with Crippen molar-refractivity contribution in [3.63, 3.8) is 0 Å². The van der Waals surface area contributed by atoms with E-state index >= 15 is 0 Å². The Labute approximate surface area is 116 Å². The van der Waals surface area contributed by atoms with E-state index in [2.05, 4.69) is 6.92 Å². The first-order valence-corrected chi connectivity index (χ1v) is 7.68. The number of carbonyl (C=O) groups excluding carboxylic acids is 1. The van der Waals surface area contributed by atoms with Gasteiger partial charge in [0, 0.05) is 32.8 Å². The molecular weight excluding hydrogens is 240 g/mol. The van der Waals surface area contributed by atoms with Gasteiger partial charge in [0.2, 0.25) is 5.91 Å². The fraction of sp³-hybridized carbons (Fsp3) is 0.933. The van der Waals surface area contributed by atoms with Crippen molar-refractivity contribution in [1.82, 2.24) is 4.90 Å². The summed E-state index contributed by atoms with van der Waals surface area (Å²) in [5.41, 5.74) is 6.17. The minimum absolute atomic E-state index is 0.0265. The summed E-state index contributed by atoms with van der Waals surface area (Å²) in [4.78, 5) is 14.5. The monoisotopic (exact) mass is 268 g/mol. The number of ether oxygens (including phenoxy) is 1. The van der Waals surface area contributed by atoms with Crippen molar-refractivity contribution in [3.05, 3.63) is 0 Å². The molecule has 1 aliphatic carbocycles. The molecule has 0 aromatic carbocycles. The number of nitrogens with two attached hydrogens (primary N) is 1. The van der Waals surface area contributed by atoms with Crippen LogP contribution in [0.15, 0.2) is 0 Å². The Balaban J connectivity index is 1.89. The highest BCUT2D eigenvalue weighted by Crippen LogP contribution is 2.30. The first-order chi connectivity index (χ1) is 9.09. The van der Waals surface area contributed by atoms with Gasteiger partial charge in [0.25, 0.3) is 0 Å². The van der Waals surface area contributed by atoms with Gasteiger partial charge in [0.1, 0.15) is 0 Å². The minimum atomic E-state index is 0.0265. The highest BCUT2D eigenvalue weighted by Gasteiger charge is 2.36. The average molecular weight is 268 g/mol. The van der Waals surface area contributed by atoms with Gasteiger partial charge in [-0.3, -0.25) is 4.79 Å². The van der Waals surface area contributed by atoms with Crippen LogP contribution in [0.25, 0.3) is 0 Å². The first-order valence-electron chi connectivity index (χ1n) is 7.68. The number of amides is 1. The molecule has 1 saturated heterocycles. The highest BCUT2D eigenvalue weighted by atomic mass is 16.5. The van der Waals surface area contributed by atoms with Gasteiger partial charge in [-0.15, -0.1) is 0 Å². The van der Waals surface area contributed by atoms with Crippen molar-refractivity contribution in [2.24, 2.45) is 23.5 Å². The summed E-state index contributed by atoms with van der Waals surface area (Å²) in [5, 5.41) is 0. The Hall–Kier alpha value is -0.610. The molecule has 1 aliphatic heterocycles. The van der Waals surface area contributed by atoms with E-state index in [-0.39, 0.29) is 17.9 Å². The second-order valence-electron chi connectivity index (χ2n) is 6.37. The molecule has 2 N–H and O–H groups in total. The van der Waals surface area contributed by atoms with E-state index in [1.807, 2.05) is 11.9 Å². The molecule has 3 unspecified atom stereocenters. The van der Waals surface area contributed by atoms with Crippen molar-refractivity contribution in [2.75, 3.05) is 26.8 Å². The van der Waals surface area contributed by atoms with E-state index in [0.717, 1.165) is 51.9 Å². The molecule has 19 heavy (non-hydrogen) atoms. The van der Waals surface area contributed by atoms with Crippen LogP contribution in [0.2, 0.25) is 0 Å². The van der Waals surface area contributed by atoms with E-state index in [4.69, 9.17) is 10.5 Å². The molecule has 0 aromatic rings. The molecule has 3 atom stereocenters. The SMILES string of the molecule is CC1CCCC(N)C1C(=O)N(C)CC1CCOCC1. The van der Waals surface area contributed by atoms with Crippen LogP contribution in [-0.4, -0.2) is 43.7 Å². The molecule has 110 valence electrons. The largest absolute Gasteiger partial charge is 0.381 e. The second-order valence-corrected chi connectivity index (χ2v) is 6.37. The van der Waals surface area contributed by atoms with E-state index < -0.39 is 0 Å². The Morgan fingerprint density at radius 3 is 2.58 bits per heavy atom. The maximum atomic E-state index is 12.6. The number of hydrogen-bond donors (Lipinski definition) is 1. The van der Waals surface area contributed by atoms with E-state index in [0.29, 0.717) is 11.8 Å². The highest BCUT2D eigenvalue weighted by molar-refractivity contribution is 5.79. The van der Waals surface area contributed by atoms with Gasteiger partial charge in [-0.2, -0.15) is 0 Å². The average Bonchev–Trinajstić information content (AvgIpc) is 2.39. The summed E-state index contributed by atoms with van der Waals surface area (Å²) >= 11 is 0. The van der Waals surface area contributed by atoms with Crippen LogP contribution in [0.4, 0.5) is 0 Å². The van der Waals surface area contributed by atoms with Crippen LogP contribution >= 0.6 is 0 Å². The quantitative estimate of drug-likeness (QED) is 0.846. The summed E-state index contributed by atoms with van der Waals surface area (Å²) in [6.07, 6.45) is 5.44. The molecule has 0 bridgehead atoms. The van der Waals surface area contributed by atoms with Crippen LogP contribution in [0.1, 0.15) is 39.0 Å². The topological polar surface area (TPSA) is 55.6 Å². The fourth-order valence-electron chi connectivity index (χ4n) is 3.54. The van der Waals surface area contributed by atoms with Gasteiger partial charge < -0.3 is 15.4 Å². The zero-order chi connectivity index (χ0) is 13.8. The molecule has 4 nitrogen and oxygen atoms in total. The third-order valence-corrected chi connectivity index (χ3v) is 4.81. The number of carbonyl (C=O) groups is 1. The van der Waals surface area contributed by atoms with Crippen molar-refractivity contribution in [2.45, 2.75) is 45.1 Å². The molecule has 0 radical (unpaired) electrons. The van der Waals surface area contributed by atoms with Crippen LogP contribution in [0, 0.1) is 17.8 Å². The van der Waals surface area contributed by atoms with E-state index in [1.165, 1.54) is 0 Å². The van der Waals surface area contributed by atoms with Gasteiger partial charge in [-0.05, 0) is 37.5 Å². The summed E-state index contributed by atoms with van der Waals surface area (Å²) in [6, 6.07) is 0.0494. The molecule has 2 fully saturated rings. The lowest BCUT2D eigenvalue weighted by molar-refractivity contribution is -0.138. The van der Waals surface area contributed by atoms with Gasteiger partial charge in [0.15, 0.2) is 0 Å². The lowest BCUT2D eigenvalue weighted by Crippen LogP contribution is -2.49. The Kier molecular flexibility index (Phi) is 5.22. The van der Waals surface area contributed by atoms with E-state index in [1.54, 1.807) is 0 Å². The van der Waals surface area contributed by atoms with Crippen LogP contribution in [0.5, 0.6) is 0 Å². The molecule has 1 amide bonds. The van der Waals surface area contributed by atoms with Crippen molar-refractivity contribution >= 4 is 5.91 Å². The number of hydrogen-bond acceptors (Lipinski definition) is 3. The van der Waals surface area contributed by atoms with Crippen molar-refractivity contribution in [1.29, 1.82) is 0 Å². The smallest absolute Gasteiger partial charge is 0.227 e. The second kappa shape index (κ2) is 6.71. The molecule has 2 aliphatic rings. The lowest BCUT2D eigenvalue weighted by Gasteiger charge is -2.37. The Morgan fingerprint density at radius 1 is 1.26 bits per heavy atom. The molecule has 0 spiro atoms. The Morgan fingerprint density at radius 2 is 1.95 bits per heavy atom. The van der Waals surface area contributed by atoms with Crippen LogP contribution in [-0.2, 0) is 9.53 Å². The fourth-order valence-corrected chi connectivity index (χ4v) is 3.54. The van der Waals surface area contributed by atoms with Crippen molar-refractivity contribution in [3.8, 4) is 0 Å². The predicted molar refractivity (Wildman–Crippen MR) is 75.7 cm³/mol. The number of rotatable bonds is 3. The maximum Gasteiger partial charge on any atom is 0.227 e. The summed E-state index contributed by atoms with van der Waals surface area (Å²) < 4.78 is 5.37. The van der Waals surface area contributed by atoms with Gasteiger partial charge in [0.05, 0.1) is 5.92 Å². The van der Waals surface area contributed by atoms with Gasteiger partial charge in [-0.25, -0.2) is 0 Å². The van der Waals surface area contributed by atoms with Crippen LogP contribution in [0.3, 0.4) is 0 Å². The molecule has 2 rings (SSSR count). The molecule has 1 saturated carbocycles. The molecule has 1 heterocycles. The standard InChI is InChI=1S/C15H28N2O2/c1-11-4-3-5-13(16)14(11)15(18)17(2)10-12-6-8-19-9-7-12/h11-14H,3-10,16H2,1-2H3. The Bertz CT molecular complexity index is 293. The third kappa shape index (κ3) is 3.69. The lowest BCUT2D eigenvalue weighted by atomic mass is 9.76. The predicted octanol–water partition coefficient (Wildman–Crippen LogP) is 1.63. The first kappa shape index (κ1) is 14.8.